The number of nitrogens with one attached hydrogen (secondary N) is 1. The lowest BCUT2D eigenvalue weighted by atomic mass is 9.97. The molecule has 0 saturated carbocycles. The zero-order valence-corrected chi connectivity index (χ0v) is 15.8. The van der Waals surface area contributed by atoms with Crippen LogP contribution in [0.3, 0.4) is 0 Å². The second kappa shape index (κ2) is 8.41. The number of aryl methyl sites for hydroxylation is 2. The van der Waals surface area contributed by atoms with Gasteiger partial charge >= 0.3 is 0 Å². The molecule has 0 saturated heterocycles. The van der Waals surface area contributed by atoms with Gasteiger partial charge in [-0.3, -0.25) is 0 Å². The highest BCUT2D eigenvalue weighted by molar-refractivity contribution is 6.30. The second-order valence-electron chi connectivity index (χ2n) is 6.23. The molecule has 24 heavy (non-hydrogen) atoms. The SMILES string of the molecule is COc1cc(C(C)CNCc2cc(C)cc(Cl)c2)c(OC)cc1C. The summed E-state index contributed by atoms with van der Waals surface area (Å²) in [6.45, 7) is 7.89. The quantitative estimate of drug-likeness (QED) is 0.775. The van der Waals surface area contributed by atoms with Crippen LogP contribution >= 0.6 is 11.6 Å². The van der Waals surface area contributed by atoms with E-state index >= 15 is 0 Å². The molecule has 3 nitrogen and oxygen atoms in total. The van der Waals surface area contributed by atoms with Gasteiger partial charge in [-0.15, -0.1) is 0 Å². The van der Waals surface area contributed by atoms with Gasteiger partial charge in [0.2, 0.25) is 0 Å². The maximum absolute atomic E-state index is 6.12. The Morgan fingerprint density at radius 1 is 1.00 bits per heavy atom. The number of benzene rings is 2. The van der Waals surface area contributed by atoms with Gasteiger partial charge in [0, 0.05) is 23.7 Å². The van der Waals surface area contributed by atoms with Crippen molar-refractivity contribution in [3.8, 4) is 11.5 Å². The number of rotatable bonds is 7. The molecule has 0 aliphatic rings. The lowest BCUT2D eigenvalue weighted by Gasteiger charge is -2.19. The molecular weight excluding hydrogens is 322 g/mol. The highest BCUT2D eigenvalue weighted by atomic mass is 35.5. The molecule has 1 unspecified atom stereocenters. The molecule has 0 bridgehead atoms. The summed E-state index contributed by atoms with van der Waals surface area (Å²) < 4.78 is 11.0. The predicted octanol–water partition coefficient (Wildman–Crippen LogP) is 4.87. The molecule has 0 aromatic heterocycles. The zero-order valence-electron chi connectivity index (χ0n) is 15.1. The van der Waals surface area contributed by atoms with Gasteiger partial charge in [-0.1, -0.05) is 24.6 Å². The number of ether oxygens (including phenoxy) is 2. The van der Waals surface area contributed by atoms with E-state index in [4.69, 9.17) is 21.1 Å². The van der Waals surface area contributed by atoms with Crippen LogP contribution in [-0.4, -0.2) is 20.8 Å². The van der Waals surface area contributed by atoms with Gasteiger partial charge in [0.15, 0.2) is 0 Å². The third-order valence-electron chi connectivity index (χ3n) is 4.16. The van der Waals surface area contributed by atoms with E-state index in [-0.39, 0.29) is 0 Å². The number of hydrogen-bond acceptors (Lipinski definition) is 3. The molecule has 4 heteroatoms. The van der Waals surface area contributed by atoms with Crippen molar-refractivity contribution in [3.63, 3.8) is 0 Å². The Morgan fingerprint density at radius 3 is 2.33 bits per heavy atom. The summed E-state index contributed by atoms with van der Waals surface area (Å²) in [5, 5.41) is 4.28. The fourth-order valence-electron chi connectivity index (χ4n) is 2.92. The molecule has 2 rings (SSSR count). The van der Waals surface area contributed by atoms with E-state index in [0.717, 1.165) is 40.7 Å². The van der Waals surface area contributed by atoms with Crippen LogP contribution in [0.15, 0.2) is 30.3 Å². The molecule has 1 atom stereocenters. The first-order valence-electron chi connectivity index (χ1n) is 8.14. The summed E-state index contributed by atoms with van der Waals surface area (Å²) >= 11 is 6.12. The maximum Gasteiger partial charge on any atom is 0.122 e. The van der Waals surface area contributed by atoms with Crippen LogP contribution in [0.25, 0.3) is 0 Å². The van der Waals surface area contributed by atoms with Crippen molar-refractivity contribution in [1.29, 1.82) is 0 Å². The molecule has 2 aromatic rings. The van der Waals surface area contributed by atoms with Crippen molar-refractivity contribution in [2.75, 3.05) is 20.8 Å². The molecule has 0 fully saturated rings. The van der Waals surface area contributed by atoms with E-state index in [2.05, 4.69) is 31.3 Å². The van der Waals surface area contributed by atoms with Crippen molar-refractivity contribution in [2.24, 2.45) is 0 Å². The van der Waals surface area contributed by atoms with Gasteiger partial charge in [-0.25, -0.2) is 0 Å². The third-order valence-corrected chi connectivity index (χ3v) is 4.38. The van der Waals surface area contributed by atoms with E-state index in [1.165, 1.54) is 11.1 Å². The topological polar surface area (TPSA) is 30.5 Å². The number of hydrogen-bond donors (Lipinski definition) is 1. The van der Waals surface area contributed by atoms with E-state index in [0.29, 0.717) is 5.92 Å². The molecule has 0 amide bonds. The average Bonchev–Trinajstić information content (AvgIpc) is 2.53. The summed E-state index contributed by atoms with van der Waals surface area (Å²) in [6, 6.07) is 10.2. The average molecular weight is 348 g/mol. The minimum atomic E-state index is 0.301. The molecule has 0 aliphatic carbocycles. The van der Waals surface area contributed by atoms with Crippen molar-refractivity contribution < 1.29 is 9.47 Å². The smallest absolute Gasteiger partial charge is 0.122 e. The molecule has 2 aromatic carbocycles. The van der Waals surface area contributed by atoms with Crippen LogP contribution in [0.4, 0.5) is 0 Å². The highest BCUT2D eigenvalue weighted by Gasteiger charge is 2.14. The Balaban J connectivity index is 2.05. The van der Waals surface area contributed by atoms with Gasteiger partial charge in [0.25, 0.3) is 0 Å². The maximum atomic E-state index is 6.12. The Hall–Kier alpha value is -1.71. The summed E-state index contributed by atoms with van der Waals surface area (Å²) in [7, 11) is 3.41. The fourth-order valence-corrected chi connectivity index (χ4v) is 3.23. The number of halogens is 1. The Bertz CT molecular complexity index is 680. The van der Waals surface area contributed by atoms with Crippen LogP contribution < -0.4 is 14.8 Å². The van der Waals surface area contributed by atoms with Crippen LogP contribution in [0, 0.1) is 13.8 Å². The molecule has 0 spiro atoms. The largest absolute Gasteiger partial charge is 0.496 e. The molecule has 0 radical (unpaired) electrons. The predicted molar refractivity (Wildman–Crippen MR) is 101 cm³/mol. The summed E-state index contributed by atoms with van der Waals surface area (Å²) in [5.41, 5.74) is 4.60. The Morgan fingerprint density at radius 2 is 1.71 bits per heavy atom. The molecule has 0 heterocycles. The molecule has 1 N–H and O–H groups in total. The summed E-state index contributed by atoms with van der Waals surface area (Å²) in [5.74, 6) is 2.10. The lowest BCUT2D eigenvalue weighted by molar-refractivity contribution is 0.392. The lowest BCUT2D eigenvalue weighted by Crippen LogP contribution is -2.20. The van der Waals surface area contributed by atoms with E-state index in [9.17, 15) is 0 Å². The van der Waals surface area contributed by atoms with Crippen LogP contribution in [0.5, 0.6) is 11.5 Å². The normalized spacial score (nSPS) is 12.1. The Labute approximate surface area is 149 Å². The second-order valence-corrected chi connectivity index (χ2v) is 6.67. The van der Waals surface area contributed by atoms with Crippen molar-refractivity contribution in [3.05, 3.63) is 57.6 Å². The van der Waals surface area contributed by atoms with Gasteiger partial charge < -0.3 is 14.8 Å². The highest BCUT2D eigenvalue weighted by Crippen LogP contribution is 2.33. The minimum absolute atomic E-state index is 0.301. The minimum Gasteiger partial charge on any atom is -0.496 e. The monoisotopic (exact) mass is 347 g/mol. The van der Waals surface area contributed by atoms with Crippen molar-refractivity contribution in [2.45, 2.75) is 33.2 Å². The summed E-state index contributed by atoms with van der Waals surface area (Å²) in [6.07, 6.45) is 0. The van der Waals surface area contributed by atoms with Crippen LogP contribution in [0.2, 0.25) is 5.02 Å². The summed E-state index contributed by atoms with van der Waals surface area (Å²) in [4.78, 5) is 0. The van der Waals surface area contributed by atoms with Gasteiger partial charge in [0.05, 0.1) is 14.2 Å². The van der Waals surface area contributed by atoms with E-state index in [1.54, 1.807) is 14.2 Å². The van der Waals surface area contributed by atoms with Crippen LogP contribution in [-0.2, 0) is 6.54 Å². The van der Waals surface area contributed by atoms with Gasteiger partial charge in [-0.2, -0.15) is 0 Å². The molecule has 130 valence electrons. The van der Waals surface area contributed by atoms with Crippen molar-refractivity contribution >= 4 is 11.6 Å². The van der Waals surface area contributed by atoms with E-state index in [1.807, 2.05) is 25.1 Å². The first-order valence-corrected chi connectivity index (χ1v) is 8.51. The number of methoxy groups -OCH3 is 2. The standard InChI is InChI=1S/C20H26ClNO2/c1-13-6-16(9-17(21)7-13)12-22-11-15(3)18-10-19(23-4)14(2)8-20(18)24-5/h6-10,15,22H,11-12H2,1-5H3. The van der Waals surface area contributed by atoms with Crippen molar-refractivity contribution in [1.82, 2.24) is 5.32 Å². The Kier molecular flexibility index (Phi) is 6.52. The fraction of sp³-hybridized carbons (Fsp3) is 0.400. The molecular formula is C20H26ClNO2. The first-order chi connectivity index (χ1) is 11.4. The van der Waals surface area contributed by atoms with Crippen LogP contribution in [0.1, 0.15) is 35.1 Å². The van der Waals surface area contributed by atoms with E-state index < -0.39 is 0 Å². The first kappa shape index (κ1) is 18.6. The third kappa shape index (κ3) is 4.65. The van der Waals surface area contributed by atoms with Gasteiger partial charge in [0.1, 0.15) is 11.5 Å². The van der Waals surface area contributed by atoms with Gasteiger partial charge in [-0.05, 0) is 60.7 Å². The molecule has 0 aliphatic heterocycles. The zero-order chi connectivity index (χ0) is 17.7.